The van der Waals surface area contributed by atoms with Gasteiger partial charge in [0.25, 0.3) is 0 Å². The van der Waals surface area contributed by atoms with Gasteiger partial charge in [0.15, 0.2) is 0 Å². The molecule has 2 heterocycles. The molecule has 3 N–H and O–H groups in total. The number of nitrogens with two attached hydrogens (primary N) is 1. The van der Waals surface area contributed by atoms with Gasteiger partial charge in [-0.2, -0.15) is 13.2 Å². The van der Waals surface area contributed by atoms with Gasteiger partial charge in [0.05, 0.1) is 17.1 Å². The van der Waals surface area contributed by atoms with E-state index in [1.807, 2.05) is 11.8 Å². The lowest BCUT2D eigenvalue weighted by Gasteiger charge is -2.29. The van der Waals surface area contributed by atoms with E-state index in [0.717, 1.165) is 55.1 Å². The van der Waals surface area contributed by atoms with E-state index < -0.39 is 17.8 Å². The van der Waals surface area contributed by atoms with Crippen molar-refractivity contribution in [2.45, 2.75) is 65.1 Å². The SMILES string of the molecule is CC(=O)N1CC=C(c2cc3c(N[C@H](C)c4cc(N)cc(C(F)(F)F)c4)nc(C)nc3c3c2CCCC3)CC1. The number of hydrogen-bond donors (Lipinski definition) is 2. The third-order valence-corrected chi connectivity index (χ3v) is 7.58. The molecule has 0 bridgehead atoms. The summed E-state index contributed by atoms with van der Waals surface area (Å²) < 4.78 is 40.3. The van der Waals surface area contributed by atoms with Crippen LogP contribution in [0, 0.1) is 6.92 Å². The molecule has 3 aromatic rings. The number of alkyl halides is 3. The van der Waals surface area contributed by atoms with Crippen molar-refractivity contribution in [3.05, 3.63) is 64.0 Å². The second kappa shape index (κ2) is 9.93. The zero-order valence-electron chi connectivity index (χ0n) is 21.9. The van der Waals surface area contributed by atoms with E-state index in [4.69, 9.17) is 10.7 Å². The summed E-state index contributed by atoms with van der Waals surface area (Å²) in [5.41, 5.74) is 11.4. The number of nitrogen functional groups attached to an aromatic ring is 1. The monoisotopic (exact) mass is 523 g/mol. The lowest BCUT2D eigenvalue weighted by molar-refractivity contribution is -0.137. The van der Waals surface area contributed by atoms with Crippen molar-refractivity contribution in [2.75, 3.05) is 24.1 Å². The first-order valence-electron chi connectivity index (χ1n) is 13.0. The smallest absolute Gasteiger partial charge is 0.399 e. The maximum absolute atomic E-state index is 13.4. The summed E-state index contributed by atoms with van der Waals surface area (Å²) in [6.45, 7) is 6.49. The molecule has 2 aliphatic rings. The second-order valence-corrected chi connectivity index (χ2v) is 10.3. The summed E-state index contributed by atoms with van der Waals surface area (Å²) in [5, 5.41) is 4.22. The molecule has 6 nitrogen and oxygen atoms in total. The fraction of sp³-hybridized carbons (Fsp3) is 0.414. The molecule has 0 radical (unpaired) electrons. The number of hydrogen-bond acceptors (Lipinski definition) is 5. The van der Waals surface area contributed by atoms with Crippen molar-refractivity contribution < 1.29 is 18.0 Å². The van der Waals surface area contributed by atoms with E-state index in [-0.39, 0.29) is 11.6 Å². The summed E-state index contributed by atoms with van der Waals surface area (Å²) >= 11 is 0. The number of rotatable bonds is 4. The van der Waals surface area contributed by atoms with Gasteiger partial charge in [-0.05, 0) is 98.0 Å². The van der Waals surface area contributed by atoms with Gasteiger partial charge >= 0.3 is 6.18 Å². The van der Waals surface area contributed by atoms with Crippen molar-refractivity contribution in [3.8, 4) is 0 Å². The highest BCUT2D eigenvalue weighted by molar-refractivity contribution is 5.96. The van der Waals surface area contributed by atoms with Gasteiger partial charge in [-0.15, -0.1) is 0 Å². The van der Waals surface area contributed by atoms with E-state index in [1.165, 1.54) is 22.3 Å². The van der Waals surface area contributed by atoms with E-state index in [9.17, 15) is 18.0 Å². The summed E-state index contributed by atoms with van der Waals surface area (Å²) in [6, 6.07) is 5.29. The van der Waals surface area contributed by atoms with Crippen molar-refractivity contribution in [1.29, 1.82) is 0 Å². The Morgan fingerprint density at radius 1 is 1.08 bits per heavy atom. The van der Waals surface area contributed by atoms with Crippen LogP contribution in [0.15, 0.2) is 30.3 Å². The molecule has 5 rings (SSSR count). The third kappa shape index (κ3) is 5.06. The Kier molecular flexibility index (Phi) is 6.79. The molecule has 1 aliphatic heterocycles. The Balaban J connectivity index is 1.60. The largest absolute Gasteiger partial charge is 0.416 e. The summed E-state index contributed by atoms with van der Waals surface area (Å²) in [4.78, 5) is 23.2. The number of halogens is 3. The van der Waals surface area contributed by atoms with Gasteiger partial charge in [-0.1, -0.05) is 6.08 Å². The molecule has 0 saturated heterocycles. The number of amides is 1. The Bertz CT molecular complexity index is 1450. The zero-order chi connectivity index (χ0) is 27.2. The number of anilines is 2. The predicted octanol–water partition coefficient (Wildman–Crippen LogP) is 6.23. The van der Waals surface area contributed by atoms with Crippen molar-refractivity contribution >= 4 is 33.9 Å². The van der Waals surface area contributed by atoms with E-state index in [2.05, 4.69) is 22.4 Å². The average molecular weight is 524 g/mol. The van der Waals surface area contributed by atoms with Gasteiger partial charge in [0.1, 0.15) is 11.6 Å². The molecule has 0 fully saturated rings. The number of benzene rings is 2. The number of carbonyl (C=O) groups is 1. The molecule has 200 valence electrons. The van der Waals surface area contributed by atoms with Crippen LogP contribution in [0.1, 0.15) is 72.8 Å². The Labute approximate surface area is 220 Å². The van der Waals surface area contributed by atoms with Crippen LogP contribution < -0.4 is 11.1 Å². The first-order valence-corrected chi connectivity index (χ1v) is 13.0. The molecular formula is C29H32F3N5O. The van der Waals surface area contributed by atoms with Gasteiger partial charge in [-0.25, -0.2) is 9.97 Å². The van der Waals surface area contributed by atoms with Crippen LogP contribution in [0.3, 0.4) is 0 Å². The Hall–Kier alpha value is -3.62. The van der Waals surface area contributed by atoms with E-state index in [0.29, 0.717) is 30.3 Å². The summed E-state index contributed by atoms with van der Waals surface area (Å²) in [7, 11) is 0. The van der Waals surface area contributed by atoms with Crippen molar-refractivity contribution in [1.82, 2.24) is 14.9 Å². The van der Waals surface area contributed by atoms with Crippen LogP contribution in [0.5, 0.6) is 0 Å². The van der Waals surface area contributed by atoms with Crippen molar-refractivity contribution in [3.63, 3.8) is 0 Å². The molecule has 2 aromatic carbocycles. The molecule has 1 atom stereocenters. The van der Waals surface area contributed by atoms with Gasteiger partial charge in [0.2, 0.25) is 5.91 Å². The molecule has 1 aliphatic carbocycles. The minimum absolute atomic E-state index is 0.0624. The average Bonchev–Trinajstić information content (AvgIpc) is 2.87. The lowest BCUT2D eigenvalue weighted by Crippen LogP contribution is -2.32. The molecule has 0 spiro atoms. The van der Waals surface area contributed by atoms with Gasteiger partial charge < -0.3 is 16.0 Å². The molecule has 9 heteroatoms. The Morgan fingerprint density at radius 3 is 2.47 bits per heavy atom. The molecular weight excluding hydrogens is 491 g/mol. The van der Waals surface area contributed by atoms with E-state index in [1.54, 1.807) is 19.9 Å². The van der Waals surface area contributed by atoms with Crippen LogP contribution >= 0.6 is 0 Å². The minimum Gasteiger partial charge on any atom is -0.399 e. The third-order valence-electron chi connectivity index (χ3n) is 7.58. The minimum atomic E-state index is -4.48. The first kappa shape index (κ1) is 26.0. The number of carbonyl (C=O) groups excluding carboxylic acids is 1. The molecule has 1 amide bonds. The quantitative estimate of drug-likeness (QED) is 0.396. The van der Waals surface area contributed by atoms with Crippen LogP contribution in [-0.2, 0) is 23.8 Å². The van der Waals surface area contributed by atoms with Gasteiger partial charge in [0, 0.05) is 31.1 Å². The second-order valence-electron chi connectivity index (χ2n) is 10.3. The number of aryl methyl sites for hydroxylation is 2. The fourth-order valence-electron chi connectivity index (χ4n) is 5.62. The Morgan fingerprint density at radius 2 is 1.82 bits per heavy atom. The maximum atomic E-state index is 13.4. The van der Waals surface area contributed by atoms with Gasteiger partial charge in [-0.3, -0.25) is 4.79 Å². The highest BCUT2D eigenvalue weighted by Gasteiger charge is 2.31. The number of fused-ring (bicyclic) bond motifs is 3. The standard InChI is InChI=1S/C29H32F3N5O/c1-16(20-12-21(29(30,31)32)14-22(33)13-20)34-28-26-15-25(19-8-10-37(11-9-19)18(3)38)23-6-4-5-7-24(23)27(26)35-17(2)36-28/h8,12-16H,4-7,9-11,33H2,1-3H3,(H,34,35,36)/t16-/m1/s1. The molecule has 38 heavy (non-hydrogen) atoms. The maximum Gasteiger partial charge on any atom is 0.416 e. The number of nitrogens with zero attached hydrogens (tertiary/aromatic N) is 3. The highest BCUT2D eigenvalue weighted by Crippen LogP contribution is 2.39. The van der Waals surface area contributed by atoms with Crippen LogP contribution in [0.25, 0.3) is 16.5 Å². The first-order chi connectivity index (χ1) is 18.0. The number of nitrogens with one attached hydrogen (secondary N) is 1. The fourth-order valence-corrected chi connectivity index (χ4v) is 5.62. The van der Waals surface area contributed by atoms with Crippen LogP contribution in [0.4, 0.5) is 24.7 Å². The molecule has 1 aromatic heterocycles. The highest BCUT2D eigenvalue weighted by atomic mass is 19.4. The summed E-state index contributed by atoms with van der Waals surface area (Å²) in [5.74, 6) is 1.26. The van der Waals surface area contributed by atoms with Crippen LogP contribution in [-0.4, -0.2) is 33.9 Å². The summed E-state index contributed by atoms with van der Waals surface area (Å²) in [6.07, 6.45) is 2.50. The molecule has 0 unspecified atom stereocenters. The zero-order valence-corrected chi connectivity index (χ0v) is 21.9. The topological polar surface area (TPSA) is 84.1 Å². The van der Waals surface area contributed by atoms with E-state index >= 15 is 0 Å². The normalized spacial score (nSPS) is 16.7. The lowest BCUT2D eigenvalue weighted by atomic mass is 9.82. The van der Waals surface area contributed by atoms with Crippen LogP contribution in [0.2, 0.25) is 0 Å². The molecule has 0 saturated carbocycles. The number of aromatic nitrogens is 2. The predicted molar refractivity (Wildman–Crippen MR) is 144 cm³/mol. The van der Waals surface area contributed by atoms with Crippen molar-refractivity contribution in [2.24, 2.45) is 0 Å².